The summed E-state index contributed by atoms with van der Waals surface area (Å²) in [7, 11) is 0. The van der Waals surface area contributed by atoms with E-state index in [1.807, 2.05) is 41.4 Å². The maximum atomic E-state index is 12.9. The van der Waals surface area contributed by atoms with Gasteiger partial charge in [-0.15, -0.1) is 0 Å². The lowest BCUT2D eigenvalue weighted by Gasteiger charge is -2.28. The second-order valence-electron chi connectivity index (χ2n) is 13.1. The largest absolute Gasteiger partial charge is 0.351 e. The van der Waals surface area contributed by atoms with Gasteiger partial charge < -0.3 is 20.1 Å². The van der Waals surface area contributed by atoms with Gasteiger partial charge in [-0.25, -0.2) is 9.97 Å². The number of imide groups is 1. The van der Waals surface area contributed by atoms with Crippen LogP contribution in [0.25, 0.3) is 33.3 Å². The molecule has 0 spiro atoms. The van der Waals surface area contributed by atoms with Gasteiger partial charge in [0.2, 0.25) is 17.7 Å². The number of fused-ring (bicyclic) bond motifs is 2. The van der Waals surface area contributed by atoms with Crippen LogP contribution in [0.5, 0.6) is 0 Å². The number of aryl methyl sites for hydroxylation is 2. The number of piperidine rings is 1. The van der Waals surface area contributed by atoms with Crippen molar-refractivity contribution >= 4 is 40.3 Å². The average molecular weight is 720 g/mol. The molecule has 1 fully saturated rings. The van der Waals surface area contributed by atoms with E-state index in [0.29, 0.717) is 38.2 Å². The quantitative estimate of drug-likeness (QED) is 0.141. The number of amides is 5. The second kappa shape index (κ2) is 15.1. The number of imidazole rings is 1. The zero-order valence-corrected chi connectivity index (χ0v) is 29.5. The van der Waals surface area contributed by atoms with Crippen molar-refractivity contribution in [2.45, 2.75) is 65.1 Å². The minimum absolute atomic E-state index is 0. The highest BCUT2D eigenvalue weighted by Crippen LogP contribution is 2.34. The molecule has 276 valence electrons. The summed E-state index contributed by atoms with van der Waals surface area (Å²) in [4.78, 5) is 81.5. The molecule has 1 saturated heterocycles. The summed E-state index contributed by atoms with van der Waals surface area (Å²) in [5.41, 5.74) is 5.50. The van der Waals surface area contributed by atoms with Gasteiger partial charge in [0.15, 0.2) is 0 Å². The van der Waals surface area contributed by atoms with Crippen molar-refractivity contribution < 1.29 is 28.3 Å². The Balaban J connectivity index is 0.00000232. The molecule has 0 aliphatic carbocycles. The summed E-state index contributed by atoms with van der Waals surface area (Å²) in [6.07, 6.45) is 5.78. The normalized spacial score (nSPS) is 15.5. The fourth-order valence-corrected chi connectivity index (χ4v) is 6.78. The number of nitrogens with zero attached hydrogens (tertiary/aromatic N) is 6. The molecule has 1 unspecified atom stereocenters. The summed E-state index contributed by atoms with van der Waals surface area (Å²) in [5.74, 6) is -0.615. The number of carbonyl (C=O) groups excluding carboxylic acids is 5. The van der Waals surface area contributed by atoms with E-state index in [9.17, 15) is 24.0 Å². The first-order valence-corrected chi connectivity index (χ1v) is 17.8. The average Bonchev–Trinajstić information content (AvgIpc) is 3.55. The van der Waals surface area contributed by atoms with Crippen molar-refractivity contribution in [1.29, 1.82) is 0 Å². The highest BCUT2D eigenvalue weighted by atomic mass is 16.2. The first kappa shape index (κ1) is 35.1. The van der Waals surface area contributed by atoms with Gasteiger partial charge in [0.1, 0.15) is 23.3 Å². The lowest BCUT2D eigenvalue weighted by atomic mass is 10.0. The summed E-state index contributed by atoms with van der Waals surface area (Å²) >= 11 is 0. The van der Waals surface area contributed by atoms with E-state index >= 15 is 0 Å². The predicted octanol–water partition coefficient (Wildman–Crippen LogP) is 4.12. The number of nitrogens with one attached hydrogen (secondary N) is 3. The minimum atomic E-state index is -0.781. The van der Waals surface area contributed by atoms with Crippen LogP contribution in [0.15, 0.2) is 67.0 Å². The molecule has 2 aliphatic heterocycles. The van der Waals surface area contributed by atoms with Crippen LogP contribution in [0.3, 0.4) is 0 Å². The molecule has 0 saturated carbocycles. The number of pyridine rings is 3. The molecule has 0 bridgehead atoms. The smallest absolute Gasteiger partial charge is 0.270 e. The molecule has 1 atom stereocenters. The molecule has 7 rings (SSSR count). The molecular formula is C39H45N9O5. The maximum absolute atomic E-state index is 12.9. The Morgan fingerprint density at radius 3 is 2.58 bits per heavy atom. The Morgan fingerprint density at radius 1 is 0.962 bits per heavy atom. The number of carbonyl (C=O) groups is 5. The third kappa shape index (κ3) is 7.52. The fourth-order valence-electron chi connectivity index (χ4n) is 6.78. The zero-order valence-electron chi connectivity index (χ0n) is 29.5. The number of hydrogen-bond acceptors (Lipinski definition) is 9. The van der Waals surface area contributed by atoms with E-state index in [1.54, 1.807) is 37.4 Å². The zero-order chi connectivity index (χ0) is 37.1. The number of rotatable bonds is 10. The van der Waals surface area contributed by atoms with Gasteiger partial charge >= 0.3 is 0 Å². The van der Waals surface area contributed by atoms with Crippen LogP contribution in [0.2, 0.25) is 0 Å². The Bertz CT molecular complexity index is 2270. The van der Waals surface area contributed by atoms with Crippen LogP contribution in [0.1, 0.15) is 75.6 Å². The molecule has 5 amide bonds. The van der Waals surface area contributed by atoms with E-state index in [4.69, 9.17) is 9.97 Å². The molecule has 53 heavy (non-hydrogen) atoms. The summed E-state index contributed by atoms with van der Waals surface area (Å²) < 4.78 is 2.24. The van der Waals surface area contributed by atoms with E-state index < -0.39 is 17.9 Å². The summed E-state index contributed by atoms with van der Waals surface area (Å²) in [5, 5.41) is 9.69. The summed E-state index contributed by atoms with van der Waals surface area (Å²) in [6.45, 7) is 5.99. The van der Waals surface area contributed by atoms with Gasteiger partial charge in [0, 0.05) is 78.3 Å². The molecule has 14 nitrogen and oxygen atoms in total. The van der Waals surface area contributed by atoms with E-state index in [-0.39, 0.29) is 46.2 Å². The lowest BCUT2D eigenvalue weighted by molar-refractivity contribution is -0.134. The third-order valence-electron chi connectivity index (χ3n) is 9.64. The van der Waals surface area contributed by atoms with Crippen molar-refractivity contribution in [3.8, 4) is 22.5 Å². The third-order valence-corrected chi connectivity index (χ3v) is 9.64. The molecule has 2 aliphatic rings. The Hall–Kier alpha value is -6.31. The highest BCUT2D eigenvalue weighted by molar-refractivity contribution is 6.03. The van der Waals surface area contributed by atoms with E-state index in [0.717, 1.165) is 57.8 Å². The van der Waals surface area contributed by atoms with Crippen molar-refractivity contribution in [3.05, 3.63) is 95.6 Å². The minimum Gasteiger partial charge on any atom is -0.351 e. The van der Waals surface area contributed by atoms with Crippen molar-refractivity contribution in [1.82, 2.24) is 45.4 Å². The topological polar surface area (TPSA) is 181 Å². The van der Waals surface area contributed by atoms with Gasteiger partial charge in [0.05, 0.1) is 23.6 Å². The molecule has 3 N–H and O–H groups in total. The number of aromatic nitrogens is 5. The Morgan fingerprint density at radius 2 is 1.81 bits per heavy atom. The van der Waals surface area contributed by atoms with Crippen molar-refractivity contribution in [2.75, 3.05) is 13.1 Å². The first-order chi connectivity index (χ1) is 25.7. The van der Waals surface area contributed by atoms with Crippen LogP contribution >= 0.6 is 0 Å². The van der Waals surface area contributed by atoms with Crippen LogP contribution in [0, 0.1) is 0 Å². The Labute approximate surface area is 309 Å². The molecular weight excluding hydrogens is 674 g/mol. The Kier molecular flexibility index (Phi) is 10.0. The molecule has 0 radical (unpaired) electrons. The van der Waals surface area contributed by atoms with Crippen molar-refractivity contribution in [3.63, 3.8) is 0 Å². The van der Waals surface area contributed by atoms with Crippen molar-refractivity contribution in [2.24, 2.45) is 0 Å². The second-order valence-corrected chi connectivity index (χ2v) is 13.1. The fraction of sp³-hybridized carbons (Fsp3) is 0.308. The van der Waals surface area contributed by atoms with Gasteiger partial charge in [-0.05, 0) is 55.0 Å². The van der Waals surface area contributed by atoms with E-state index in [1.165, 1.54) is 0 Å². The molecule has 6 heterocycles. The summed E-state index contributed by atoms with van der Waals surface area (Å²) in [6, 6.07) is 15.9. The molecule has 5 aromatic rings. The predicted molar refractivity (Wildman–Crippen MR) is 202 cm³/mol. The maximum Gasteiger partial charge on any atom is 0.270 e. The van der Waals surface area contributed by atoms with Gasteiger partial charge in [-0.2, -0.15) is 0 Å². The van der Waals surface area contributed by atoms with Crippen LogP contribution in [-0.4, -0.2) is 78.1 Å². The highest BCUT2D eigenvalue weighted by Gasteiger charge is 2.29. The lowest BCUT2D eigenvalue weighted by Crippen LogP contribution is -2.52. The van der Waals surface area contributed by atoms with E-state index in [2.05, 4.69) is 37.4 Å². The van der Waals surface area contributed by atoms with Crippen LogP contribution in [-0.2, 0) is 40.3 Å². The van der Waals surface area contributed by atoms with Crippen LogP contribution < -0.4 is 16.0 Å². The number of hydrogen-bond donors (Lipinski definition) is 3. The molecule has 14 heteroatoms. The van der Waals surface area contributed by atoms with Gasteiger partial charge in [-0.3, -0.25) is 39.3 Å². The SMILES string of the molecule is CCc1nc(-c2cccc3cc(-c4ccc(C(=O)NCCCc5cccc(C(=O)NC6CCC(=O)NC6=O)n5)nc4)ncc23)c2n1CCN(C(C)=O)C2.[HH].[HH].[HH]. The standard InChI is InChI=1S/C39H39N9O5.3H2/c1-3-34-45-36(33-22-47(23(2)49)17-18-48(33)34)27-10-4-7-24-19-32(42-21-28(24)27)25-12-13-29(41-20-25)37(51)40-16-6-9-26-8-5-11-30(43-26)38(52)44-31-14-15-35(50)46-39(31)53;;;/h4-5,7-8,10-13,19-21,31H,3,6,9,14-18,22H2,1-2H3,(H,40,51)(H,44,52)(H,46,50,53);3*1H. The van der Waals surface area contributed by atoms with Gasteiger partial charge in [0.25, 0.3) is 11.8 Å². The molecule has 1 aromatic carbocycles. The van der Waals surface area contributed by atoms with Crippen LogP contribution in [0.4, 0.5) is 0 Å². The molecule has 4 aromatic heterocycles. The first-order valence-electron chi connectivity index (χ1n) is 17.8. The van der Waals surface area contributed by atoms with Gasteiger partial charge in [-0.1, -0.05) is 31.2 Å². The monoisotopic (exact) mass is 719 g/mol. The number of benzene rings is 1.